The van der Waals surface area contributed by atoms with Gasteiger partial charge in [-0.05, 0) is 12.8 Å². The van der Waals surface area contributed by atoms with Gasteiger partial charge < -0.3 is 15.3 Å². The summed E-state index contributed by atoms with van der Waals surface area (Å²) in [6.45, 7) is 0.0537. The molecule has 7 heteroatoms. The maximum Gasteiger partial charge on any atom is 0.323 e. The van der Waals surface area contributed by atoms with Gasteiger partial charge in [-0.15, -0.1) is 0 Å². The van der Waals surface area contributed by atoms with Gasteiger partial charge in [-0.3, -0.25) is 19.7 Å². The molecule has 1 saturated carbocycles. The molecule has 1 saturated heterocycles. The van der Waals surface area contributed by atoms with E-state index >= 15 is 0 Å². The van der Waals surface area contributed by atoms with E-state index in [4.69, 9.17) is 5.11 Å². The van der Waals surface area contributed by atoms with Gasteiger partial charge in [0.15, 0.2) is 0 Å². The van der Waals surface area contributed by atoms with Gasteiger partial charge in [0, 0.05) is 12.6 Å². The largest absolute Gasteiger partial charge is 0.480 e. The maximum absolute atomic E-state index is 12.1. The number of piperazine rings is 1. The summed E-state index contributed by atoms with van der Waals surface area (Å²) in [5.74, 6) is -1.40. The second-order valence-electron chi connectivity index (χ2n) is 4.33. The number of carbonyl (C=O) groups is 3. The van der Waals surface area contributed by atoms with Crippen LogP contribution in [0.5, 0.6) is 0 Å². The minimum Gasteiger partial charge on any atom is -0.480 e. The second kappa shape index (κ2) is 4.70. The van der Waals surface area contributed by atoms with Crippen molar-refractivity contribution in [2.24, 2.45) is 0 Å². The Morgan fingerprint density at radius 3 is 2.59 bits per heavy atom. The summed E-state index contributed by atoms with van der Waals surface area (Å²) < 4.78 is 0. The summed E-state index contributed by atoms with van der Waals surface area (Å²) >= 11 is 0. The van der Waals surface area contributed by atoms with Gasteiger partial charge in [-0.1, -0.05) is 0 Å². The highest BCUT2D eigenvalue weighted by Gasteiger charge is 2.37. The van der Waals surface area contributed by atoms with Crippen LogP contribution in [0.25, 0.3) is 0 Å². The SMILES string of the molecule is O=C(O)CN(C(=O)C1CNC(=O)CN1)C1CC1. The predicted molar refractivity (Wildman–Crippen MR) is 57.2 cm³/mol. The van der Waals surface area contributed by atoms with Crippen LogP contribution in [0.3, 0.4) is 0 Å². The monoisotopic (exact) mass is 241 g/mol. The van der Waals surface area contributed by atoms with E-state index in [-0.39, 0.29) is 37.5 Å². The number of carboxylic acids is 1. The Morgan fingerprint density at radius 2 is 2.12 bits per heavy atom. The number of hydrogen-bond acceptors (Lipinski definition) is 4. The lowest BCUT2D eigenvalue weighted by molar-refractivity contribution is -0.146. The molecule has 1 aliphatic heterocycles. The molecule has 2 aliphatic rings. The van der Waals surface area contributed by atoms with Crippen molar-refractivity contribution < 1.29 is 19.5 Å². The smallest absolute Gasteiger partial charge is 0.323 e. The molecule has 1 aliphatic carbocycles. The van der Waals surface area contributed by atoms with Gasteiger partial charge in [-0.2, -0.15) is 0 Å². The molecule has 2 fully saturated rings. The van der Waals surface area contributed by atoms with Crippen molar-refractivity contribution >= 4 is 17.8 Å². The molecule has 17 heavy (non-hydrogen) atoms. The number of rotatable bonds is 4. The van der Waals surface area contributed by atoms with Crippen molar-refractivity contribution in [2.45, 2.75) is 24.9 Å². The van der Waals surface area contributed by atoms with E-state index in [0.29, 0.717) is 0 Å². The summed E-state index contributed by atoms with van der Waals surface area (Å²) in [6.07, 6.45) is 1.72. The summed E-state index contributed by atoms with van der Waals surface area (Å²) in [6, 6.07) is -0.453. The highest BCUT2D eigenvalue weighted by Crippen LogP contribution is 2.27. The molecule has 0 bridgehead atoms. The van der Waals surface area contributed by atoms with E-state index in [2.05, 4.69) is 10.6 Å². The number of aliphatic carboxylic acids is 1. The molecule has 7 nitrogen and oxygen atoms in total. The highest BCUT2D eigenvalue weighted by atomic mass is 16.4. The molecule has 0 spiro atoms. The number of amides is 2. The van der Waals surface area contributed by atoms with Gasteiger partial charge in [0.25, 0.3) is 0 Å². The summed E-state index contributed by atoms with van der Waals surface area (Å²) in [5.41, 5.74) is 0. The summed E-state index contributed by atoms with van der Waals surface area (Å²) in [7, 11) is 0. The van der Waals surface area contributed by atoms with E-state index in [1.807, 2.05) is 0 Å². The lowest BCUT2D eigenvalue weighted by atomic mass is 10.2. The molecule has 1 atom stereocenters. The van der Waals surface area contributed by atoms with Crippen molar-refractivity contribution in [1.82, 2.24) is 15.5 Å². The molecule has 0 radical (unpaired) electrons. The fraction of sp³-hybridized carbons (Fsp3) is 0.700. The minimum absolute atomic E-state index is 0.0537. The zero-order valence-corrected chi connectivity index (χ0v) is 9.31. The predicted octanol–water partition coefficient (Wildman–Crippen LogP) is -1.85. The van der Waals surface area contributed by atoms with E-state index in [9.17, 15) is 14.4 Å². The molecule has 2 amide bonds. The van der Waals surface area contributed by atoms with E-state index in [0.717, 1.165) is 12.8 Å². The minimum atomic E-state index is -1.01. The average Bonchev–Trinajstić information content (AvgIpc) is 3.09. The van der Waals surface area contributed by atoms with Crippen LogP contribution in [-0.4, -0.2) is 59.5 Å². The van der Waals surface area contributed by atoms with Gasteiger partial charge in [0.1, 0.15) is 12.6 Å². The van der Waals surface area contributed by atoms with Gasteiger partial charge in [0.2, 0.25) is 11.8 Å². The van der Waals surface area contributed by atoms with Crippen LogP contribution in [0.15, 0.2) is 0 Å². The summed E-state index contributed by atoms with van der Waals surface area (Å²) in [5, 5.41) is 14.2. The third-order valence-electron chi connectivity index (χ3n) is 2.89. The number of hydrogen-bond donors (Lipinski definition) is 3. The van der Waals surface area contributed by atoms with Crippen molar-refractivity contribution in [3.63, 3.8) is 0 Å². The molecule has 1 unspecified atom stereocenters. The Labute approximate surface area is 98.2 Å². The Kier molecular flexibility index (Phi) is 3.28. The topological polar surface area (TPSA) is 98.7 Å². The number of carbonyl (C=O) groups excluding carboxylic acids is 2. The maximum atomic E-state index is 12.1. The van der Waals surface area contributed by atoms with E-state index in [1.165, 1.54) is 4.90 Å². The molecule has 0 aromatic carbocycles. The standard InChI is InChI=1S/C10H15N3O4/c14-8-4-11-7(3-12-8)10(17)13(5-9(15)16)6-1-2-6/h6-7,11H,1-5H2,(H,12,14)(H,15,16). The Bertz CT molecular complexity index is 343. The second-order valence-corrected chi connectivity index (χ2v) is 4.33. The Balaban J connectivity index is 1.95. The molecular weight excluding hydrogens is 226 g/mol. The van der Waals surface area contributed by atoms with Crippen LogP contribution in [0.4, 0.5) is 0 Å². The molecule has 1 heterocycles. The molecule has 0 aromatic heterocycles. The molecule has 0 aromatic rings. The van der Waals surface area contributed by atoms with E-state index < -0.39 is 12.0 Å². The van der Waals surface area contributed by atoms with Crippen molar-refractivity contribution in [2.75, 3.05) is 19.6 Å². The Morgan fingerprint density at radius 1 is 1.41 bits per heavy atom. The first-order valence-corrected chi connectivity index (χ1v) is 5.60. The highest BCUT2D eigenvalue weighted by molar-refractivity contribution is 5.89. The first-order chi connectivity index (χ1) is 8.08. The van der Waals surface area contributed by atoms with Crippen molar-refractivity contribution in [3.05, 3.63) is 0 Å². The fourth-order valence-corrected chi connectivity index (χ4v) is 1.86. The number of nitrogens with one attached hydrogen (secondary N) is 2. The third-order valence-corrected chi connectivity index (χ3v) is 2.89. The van der Waals surface area contributed by atoms with Crippen LogP contribution in [0, 0.1) is 0 Å². The number of carboxylic acid groups (broad SMARTS) is 1. The van der Waals surface area contributed by atoms with Crippen LogP contribution >= 0.6 is 0 Å². The first kappa shape index (κ1) is 11.8. The zero-order valence-electron chi connectivity index (χ0n) is 9.31. The number of nitrogens with zero attached hydrogens (tertiary/aromatic N) is 1. The van der Waals surface area contributed by atoms with Gasteiger partial charge in [-0.25, -0.2) is 0 Å². The van der Waals surface area contributed by atoms with Crippen LogP contribution in [0.2, 0.25) is 0 Å². The van der Waals surface area contributed by atoms with Gasteiger partial charge in [0.05, 0.1) is 6.54 Å². The van der Waals surface area contributed by atoms with Crippen LogP contribution in [0.1, 0.15) is 12.8 Å². The molecule has 2 rings (SSSR count). The van der Waals surface area contributed by atoms with Gasteiger partial charge >= 0.3 is 5.97 Å². The van der Waals surface area contributed by atoms with Crippen molar-refractivity contribution in [3.8, 4) is 0 Å². The van der Waals surface area contributed by atoms with E-state index in [1.54, 1.807) is 0 Å². The normalized spacial score (nSPS) is 24.0. The van der Waals surface area contributed by atoms with Crippen LogP contribution < -0.4 is 10.6 Å². The average molecular weight is 241 g/mol. The third kappa shape index (κ3) is 2.94. The Hall–Kier alpha value is -1.63. The lowest BCUT2D eigenvalue weighted by Gasteiger charge is -2.29. The molecular formula is C10H15N3O4. The zero-order chi connectivity index (χ0) is 12.4. The molecule has 3 N–H and O–H groups in total. The lowest BCUT2D eigenvalue weighted by Crippen LogP contribution is -2.59. The molecule has 94 valence electrons. The first-order valence-electron chi connectivity index (χ1n) is 5.60. The fourth-order valence-electron chi connectivity index (χ4n) is 1.86. The summed E-state index contributed by atoms with van der Waals surface area (Å²) in [4.78, 5) is 35.1. The quantitative estimate of drug-likeness (QED) is 0.536. The van der Waals surface area contributed by atoms with Crippen LogP contribution in [-0.2, 0) is 14.4 Å². The van der Waals surface area contributed by atoms with Crippen molar-refractivity contribution in [1.29, 1.82) is 0 Å².